The van der Waals surface area contributed by atoms with Gasteiger partial charge in [-0.15, -0.1) is 11.3 Å². The van der Waals surface area contributed by atoms with Gasteiger partial charge >= 0.3 is 0 Å². The molecule has 180 valence electrons. The number of thiophene rings is 1. The minimum absolute atomic E-state index is 0.0587. The van der Waals surface area contributed by atoms with Gasteiger partial charge in [-0.05, 0) is 47.8 Å². The van der Waals surface area contributed by atoms with Crippen molar-refractivity contribution >= 4 is 43.0 Å². The van der Waals surface area contributed by atoms with E-state index in [9.17, 15) is 26.0 Å². The summed E-state index contributed by atoms with van der Waals surface area (Å²) in [6, 6.07) is 15.9. The molecule has 34 heavy (non-hydrogen) atoms. The Balaban J connectivity index is 1.50. The molecule has 0 atom stereocenters. The third-order valence-electron chi connectivity index (χ3n) is 5.41. The smallest absolute Gasteiger partial charge is 0.274 e. The average molecular weight is 524 g/mol. The van der Waals surface area contributed by atoms with Gasteiger partial charge in [0.2, 0.25) is 15.9 Å². The van der Waals surface area contributed by atoms with Crippen LogP contribution in [0.15, 0.2) is 81.2 Å². The maximum atomic E-state index is 13.4. The number of hydrogen-bond acceptors (Lipinski definition) is 6. The van der Waals surface area contributed by atoms with Gasteiger partial charge in [0.1, 0.15) is 16.6 Å². The zero-order valence-corrected chi connectivity index (χ0v) is 20.4. The fourth-order valence-electron chi connectivity index (χ4n) is 3.58. The van der Waals surface area contributed by atoms with Gasteiger partial charge in [0.15, 0.2) is 0 Å². The fraction of sp³-hybridized carbons (Fsp3) is 0.227. The number of sulfonamides is 2. The Labute approximate surface area is 201 Å². The van der Waals surface area contributed by atoms with Gasteiger partial charge < -0.3 is 4.90 Å². The van der Waals surface area contributed by atoms with Crippen molar-refractivity contribution in [3.8, 4) is 0 Å². The van der Waals surface area contributed by atoms with Crippen LogP contribution in [0, 0.1) is 5.82 Å². The molecule has 4 rings (SSSR count). The van der Waals surface area contributed by atoms with Crippen LogP contribution < -0.4 is 4.31 Å². The monoisotopic (exact) mass is 523 g/mol. The van der Waals surface area contributed by atoms with E-state index in [0.29, 0.717) is 0 Å². The normalized spacial score (nSPS) is 15.3. The number of benzene rings is 2. The highest BCUT2D eigenvalue weighted by atomic mass is 32.2. The number of amides is 1. The third kappa shape index (κ3) is 4.99. The van der Waals surface area contributed by atoms with Crippen LogP contribution in [-0.4, -0.2) is 64.7 Å². The van der Waals surface area contributed by atoms with Gasteiger partial charge in [0.25, 0.3) is 10.0 Å². The average Bonchev–Trinajstić information content (AvgIpc) is 3.40. The number of piperazine rings is 1. The molecule has 0 N–H and O–H groups in total. The summed E-state index contributed by atoms with van der Waals surface area (Å²) in [6.07, 6.45) is 0. The van der Waals surface area contributed by atoms with Crippen LogP contribution in [0.2, 0.25) is 0 Å². The molecule has 1 fully saturated rings. The van der Waals surface area contributed by atoms with E-state index >= 15 is 0 Å². The Hall–Kier alpha value is -2.80. The molecule has 1 saturated heterocycles. The quantitative estimate of drug-likeness (QED) is 0.475. The van der Waals surface area contributed by atoms with Crippen LogP contribution in [0.25, 0.3) is 0 Å². The highest BCUT2D eigenvalue weighted by molar-refractivity contribution is 7.94. The lowest BCUT2D eigenvalue weighted by molar-refractivity contribution is -0.130. The van der Waals surface area contributed by atoms with Crippen LogP contribution in [0.4, 0.5) is 10.1 Å². The van der Waals surface area contributed by atoms with Crippen LogP contribution in [-0.2, 0) is 24.8 Å². The summed E-state index contributed by atoms with van der Waals surface area (Å²) in [5.74, 6) is -1.000. The molecular formula is C22H22FN3O5S3. The molecule has 1 aliphatic rings. The number of halogens is 1. The van der Waals surface area contributed by atoms with E-state index in [0.717, 1.165) is 27.8 Å². The maximum Gasteiger partial charge on any atom is 0.274 e. The second-order valence-corrected chi connectivity index (χ2v) is 12.5. The molecule has 1 aromatic heterocycles. The van der Waals surface area contributed by atoms with E-state index in [1.807, 2.05) is 0 Å². The lowest BCUT2D eigenvalue weighted by atomic mass is 10.3. The lowest BCUT2D eigenvalue weighted by Crippen LogP contribution is -2.53. The minimum Gasteiger partial charge on any atom is -0.338 e. The largest absolute Gasteiger partial charge is 0.338 e. The number of hydrogen-bond donors (Lipinski definition) is 0. The first-order valence-electron chi connectivity index (χ1n) is 10.3. The van der Waals surface area contributed by atoms with Gasteiger partial charge in [-0.2, -0.15) is 4.31 Å². The summed E-state index contributed by atoms with van der Waals surface area (Å²) < 4.78 is 67.8. The van der Waals surface area contributed by atoms with E-state index in [1.54, 1.807) is 29.6 Å². The maximum absolute atomic E-state index is 13.4. The molecule has 3 aromatic rings. The zero-order valence-electron chi connectivity index (χ0n) is 17.9. The van der Waals surface area contributed by atoms with Crippen molar-refractivity contribution in [2.24, 2.45) is 0 Å². The number of rotatable bonds is 7. The minimum atomic E-state index is -4.05. The molecule has 2 aromatic carbocycles. The van der Waals surface area contributed by atoms with Crippen molar-refractivity contribution in [2.45, 2.75) is 9.10 Å². The number of nitrogens with zero attached hydrogens (tertiary/aromatic N) is 3. The van der Waals surface area contributed by atoms with E-state index in [1.165, 1.54) is 39.5 Å². The Morgan fingerprint density at radius 2 is 1.53 bits per heavy atom. The molecule has 1 aliphatic heterocycles. The van der Waals surface area contributed by atoms with E-state index in [2.05, 4.69) is 0 Å². The standard InChI is InChI=1S/C22H22FN3O5S3/c23-18-8-10-19(11-9-18)26(34(30,31)22-7-4-16-32-22)17-21(27)24-12-14-25(15-13-24)33(28,29)20-5-2-1-3-6-20/h1-11,16H,12-15,17H2. The number of carbonyl (C=O) groups excluding carboxylic acids is 1. The van der Waals surface area contributed by atoms with E-state index in [-0.39, 0.29) is 41.0 Å². The zero-order chi connectivity index (χ0) is 24.3. The second kappa shape index (κ2) is 9.82. The van der Waals surface area contributed by atoms with Crippen molar-refractivity contribution in [1.82, 2.24) is 9.21 Å². The molecule has 0 aliphatic carbocycles. The predicted octanol–water partition coefficient (Wildman–Crippen LogP) is 2.62. The highest BCUT2D eigenvalue weighted by Crippen LogP contribution is 2.27. The molecular weight excluding hydrogens is 501 g/mol. The summed E-state index contributed by atoms with van der Waals surface area (Å²) in [5.41, 5.74) is 0.161. The van der Waals surface area contributed by atoms with Gasteiger partial charge in [-0.3, -0.25) is 9.10 Å². The van der Waals surface area contributed by atoms with E-state index in [4.69, 9.17) is 0 Å². The van der Waals surface area contributed by atoms with Crippen molar-refractivity contribution < 1.29 is 26.0 Å². The van der Waals surface area contributed by atoms with Crippen molar-refractivity contribution in [2.75, 3.05) is 37.0 Å². The Kier molecular flexibility index (Phi) is 7.03. The molecule has 0 radical (unpaired) electrons. The molecule has 1 amide bonds. The summed E-state index contributed by atoms with van der Waals surface area (Å²) in [6.45, 7) is -0.0475. The van der Waals surface area contributed by atoms with Crippen molar-refractivity contribution in [3.05, 3.63) is 77.9 Å². The van der Waals surface area contributed by atoms with Crippen LogP contribution in [0.3, 0.4) is 0 Å². The second-order valence-electron chi connectivity index (χ2n) is 7.52. The fourth-order valence-corrected chi connectivity index (χ4v) is 7.55. The molecule has 0 bridgehead atoms. The Bertz CT molecular complexity index is 1340. The Morgan fingerprint density at radius 3 is 2.12 bits per heavy atom. The SMILES string of the molecule is O=C(CN(c1ccc(F)cc1)S(=O)(=O)c1cccs1)N1CCN(S(=O)(=O)c2ccccc2)CC1. The van der Waals surface area contributed by atoms with Gasteiger partial charge in [0, 0.05) is 26.2 Å². The topological polar surface area (TPSA) is 95.1 Å². The van der Waals surface area contributed by atoms with E-state index < -0.39 is 38.3 Å². The predicted molar refractivity (Wildman–Crippen MR) is 127 cm³/mol. The van der Waals surface area contributed by atoms with Crippen molar-refractivity contribution in [3.63, 3.8) is 0 Å². The highest BCUT2D eigenvalue weighted by Gasteiger charge is 2.33. The first-order valence-corrected chi connectivity index (χ1v) is 14.1. The van der Waals surface area contributed by atoms with Crippen LogP contribution in [0.1, 0.15) is 0 Å². The van der Waals surface area contributed by atoms with Crippen LogP contribution >= 0.6 is 11.3 Å². The number of anilines is 1. The third-order valence-corrected chi connectivity index (χ3v) is 10.5. The molecule has 2 heterocycles. The molecule has 12 heteroatoms. The summed E-state index contributed by atoms with van der Waals surface area (Å²) in [7, 11) is -7.73. The first-order chi connectivity index (χ1) is 16.2. The molecule has 0 saturated carbocycles. The van der Waals surface area contributed by atoms with Gasteiger partial charge in [-0.1, -0.05) is 24.3 Å². The summed E-state index contributed by atoms with van der Waals surface area (Å²) in [4.78, 5) is 14.7. The van der Waals surface area contributed by atoms with Gasteiger partial charge in [0.05, 0.1) is 10.6 Å². The summed E-state index contributed by atoms with van der Waals surface area (Å²) >= 11 is 1.02. The lowest BCUT2D eigenvalue weighted by Gasteiger charge is -2.35. The van der Waals surface area contributed by atoms with Gasteiger partial charge in [-0.25, -0.2) is 21.2 Å². The number of carbonyl (C=O) groups is 1. The van der Waals surface area contributed by atoms with Crippen LogP contribution in [0.5, 0.6) is 0 Å². The molecule has 0 unspecified atom stereocenters. The van der Waals surface area contributed by atoms with Crippen molar-refractivity contribution in [1.29, 1.82) is 0 Å². The molecule has 0 spiro atoms. The molecule has 8 nitrogen and oxygen atoms in total. The Morgan fingerprint density at radius 1 is 0.882 bits per heavy atom. The summed E-state index contributed by atoms with van der Waals surface area (Å²) in [5, 5.41) is 1.62. The first kappa shape index (κ1) is 24.3.